The van der Waals surface area contributed by atoms with E-state index in [0.29, 0.717) is 0 Å². The topological polar surface area (TPSA) is 91.7 Å². The van der Waals surface area contributed by atoms with Crippen LogP contribution in [-0.2, 0) is 14.9 Å². The van der Waals surface area contributed by atoms with Crippen molar-refractivity contribution < 1.29 is 22.9 Å². The normalized spacial score (nSPS) is 9.86. The fourth-order valence-electron chi connectivity index (χ4n) is 0.592. The van der Waals surface area contributed by atoms with Crippen molar-refractivity contribution in [3.8, 4) is 0 Å². The van der Waals surface area contributed by atoms with Gasteiger partial charge in [-0.1, -0.05) is 18.2 Å². The van der Waals surface area contributed by atoms with Gasteiger partial charge in [-0.15, -0.1) is 0 Å². The van der Waals surface area contributed by atoms with Crippen molar-refractivity contribution in [1.82, 2.24) is 0 Å². The highest BCUT2D eigenvalue weighted by atomic mass is 32.2. The summed E-state index contributed by atoms with van der Waals surface area (Å²) in [4.78, 5) is 8.93. The highest BCUT2D eigenvalue weighted by Crippen LogP contribution is 2.05. The molecule has 0 spiro atoms. The molecule has 0 amide bonds. The van der Waals surface area contributed by atoms with Gasteiger partial charge in [0.05, 0.1) is 4.90 Å². The van der Waals surface area contributed by atoms with E-state index in [4.69, 9.17) is 14.5 Å². The Morgan fingerprint density at radius 1 is 1.21 bits per heavy atom. The van der Waals surface area contributed by atoms with Gasteiger partial charge in [0, 0.05) is 6.92 Å². The van der Waals surface area contributed by atoms with Crippen LogP contribution >= 0.6 is 0 Å². The maximum absolute atomic E-state index is 10.4. The maximum Gasteiger partial charge on any atom is 0.300 e. The van der Waals surface area contributed by atoms with Crippen LogP contribution in [0.15, 0.2) is 35.2 Å². The molecule has 0 saturated heterocycles. The van der Waals surface area contributed by atoms with Crippen molar-refractivity contribution in [2.24, 2.45) is 0 Å². The summed E-state index contributed by atoms with van der Waals surface area (Å²) in [6, 6.07) is 7.42. The first-order chi connectivity index (χ1) is 6.34. The van der Waals surface area contributed by atoms with Crippen LogP contribution in [0.4, 0.5) is 0 Å². The molecule has 78 valence electrons. The molecular weight excluding hydrogens is 208 g/mol. The first-order valence-electron chi connectivity index (χ1n) is 3.56. The predicted molar refractivity (Wildman–Crippen MR) is 49.6 cm³/mol. The Balaban J connectivity index is 0.000000364. The molecule has 0 unspecified atom stereocenters. The molecule has 5 nitrogen and oxygen atoms in total. The van der Waals surface area contributed by atoms with Crippen LogP contribution < -0.4 is 0 Å². The monoisotopic (exact) mass is 218 g/mol. The zero-order valence-corrected chi connectivity index (χ0v) is 8.23. The lowest BCUT2D eigenvalue weighted by Gasteiger charge is -1.92. The van der Waals surface area contributed by atoms with Gasteiger partial charge in [0.1, 0.15) is 0 Å². The number of hydrogen-bond acceptors (Lipinski definition) is 3. The van der Waals surface area contributed by atoms with Gasteiger partial charge in [0.25, 0.3) is 16.1 Å². The molecule has 1 aromatic rings. The number of hydrogen-bond donors (Lipinski definition) is 2. The zero-order valence-electron chi connectivity index (χ0n) is 7.41. The van der Waals surface area contributed by atoms with Gasteiger partial charge in [0.2, 0.25) is 0 Å². The van der Waals surface area contributed by atoms with E-state index in [2.05, 4.69) is 0 Å². The molecule has 0 heterocycles. The number of carboxylic acids is 1. The van der Waals surface area contributed by atoms with Crippen LogP contribution in [0.5, 0.6) is 0 Å². The molecular formula is C8H10O5S. The molecule has 1 rings (SSSR count). The van der Waals surface area contributed by atoms with E-state index in [0.717, 1.165) is 6.92 Å². The van der Waals surface area contributed by atoms with Gasteiger partial charge in [-0.25, -0.2) is 0 Å². The summed E-state index contributed by atoms with van der Waals surface area (Å²) in [7, 11) is -4.00. The average Bonchev–Trinajstić information content (AvgIpc) is 2.03. The van der Waals surface area contributed by atoms with Crippen LogP contribution in [0.2, 0.25) is 0 Å². The number of carbonyl (C=O) groups is 1. The molecule has 2 N–H and O–H groups in total. The number of carboxylic acid groups (broad SMARTS) is 1. The third-order valence-electron chi connectivity index (χ3n) is 1.04. The van der Waals surface area contributed by atoms with Crippen molar-refractivity contribution in [3.05, 3.63) is 30.3 Å². The van der Waals surface area contributed by atoms with E-state index in [9.17, 15) is 8.42 Å². The van der Waals surface area contributed by atoms with Crippen LogP contribution in [0.3, 0.4) is 0 Å². The lowest BCUT2D eigenvalue weighted by molar-refractivity contribution is -0.134. The van der Waals surface area contributed by atoms with E-state index in [-0.39, 0.29) is 4.90 Å². The van der Waals surface area contributed by atoms with Gasteiger partial charge in [-0.3, -0.25) is 9.35 Å². The first kappa shape index (κ1) is 12.6. The van der Waals surface area contributed by atoms with Crippen LogP contribution in [0, 0.1) is 0 Å². The quantitative estimate of drug-likeness (QED) is 0.687. The van der Waals surface area contributed by atoms with Crippen molar-refractivity contribution in [3.63, 3.8) is 0 Å². The summed E-state index contributed by atoms with van der Waals surface area (Å²) in [6.07, 6.45) is 0. The second kappa shape index (κ2) is 5.36. The first-order valence-corrected chi connectivity index (χ1v) is 5.00. The molecule has 0 aromatic heterocycles. The minimum absolute atomic E-state index is 0.0741. The molecule has 6 heteroatoms. The largest absolute Gasteiger partial charge is 0.481 e. The minimum Gasteiger partial charge on any atom is -0.481 e. The summed E-state index contributed by atoms with van der Waals surface area (Å²) in [5.41, 5.74) is 0. The van der Waals surface area contributed by atoms with Gasteiger partial charge in [-0.2, -0.15) is 8.42 Å². The number of aliphatic carboxylic acids is 1. The summed E-state index contributed by atoms with van der Waals surface area (Å²) in [5.74, 6) is -0.833. The number of rotatable bonds is 1. The molecule has 0 fully saturated rings. The third-order valence-corrected chi connectivity index (χ3v) is 1.91. The molecule has 0 aliphatic heterocycles. The van der Waals surface area contributed by atoms with E-state index in [1.54, 1.807) is 18.2 Å². The summed E-state index contributed by atoms with van der Waals surface area (Å²) in [5, 5.41) is 7.42. The maximum atomic E-state index is 10.4. The second-order valence-corrected chi connectivity index (χ2v) is 3.73. The Bertz CT molecular complexity index is 377. The molecule has 14 heavy (non-hydrogen) atoms. The summed E-state index contributed by atoms with van der Waals surface area (Å²) < 4.78 is 29.2. The lowest BCUT2D eigenvalue weighted by atomic mass is 10.4. The van der Waals surface area contributed by atoms with Crippen LogP contribution in [0.1, 0.15) is 6.92 Å². The van der Waals surface area contributed by atoms with E-state index < -0.39 is 16.1 Å². The van der Waals surface area contributed by atoms with Gasteiger partial charge in [0.15, 0.2) is 0 Å². The highest BCUT2D eigenvalue weighted by Gasteiger charge is 2.05. The van der Waals surface area contributed by atoms with Gasteiger partial charge < -0.3 is 5.11 Å². The standard InChI is InChI=1S/C6H6O3S.C2H4O2/c7-10(8,9)6-4-2-1-3-5-6;1-2(3)4/h1-5H,(H,7,8,9);1H3,(H,3,4). The molecule has 0 bridgehead atoms. The number of benzene rings is 1. The molecule has 1 aromatic carbocycles. The molecule has 0 saturated carbocycles. The van der Waals surface area contributed by atoms with Crippen LogP contribution in [0.25, 0.3) is 0 Å². The fraction of sp³-hybridized carbons (Fsp3) is 0.125. The molecule has 0 radical (unpaired) electrons. The Morgan fingerprint density at radius 3 is 1.79 bits per heavy atom. The van der Waals surface area contributed by atoms with Crippen molar-refractivity contribution in [1.29, 1.82) is 0 Å². The summed E-state index contributed by atoms with van der Waals surface area (Å²) in [6.45, 7) is 1.08. The predicted octanol–water partition coefficient (Wildman–Crippen LogP) is 1.02. The lowest BCUT2D eigenvalue weighted by Crippen LogP contribution is -1.96. The van der Waals surface area contributed by atoms with Crippen molar-refractivity contribution >= 4 is 16.1 Å². The Morgan fingerprint density at radius 2 is 1.57 bits per heavy atom. The SMILES string of the molecule is CC(=O)O.O=S(=O)(O)c1ccccc1. The van der Waals surface area contributed by atoms with Crippen molar-refractivity contribution in [2.75, 3.05) is 0 Å². The molecule has 0 aliphatic carbocycles. The molecule has 0 atom stereocenters. The Hall–Kier alpha value is -1.40. The third kappa shape index (κ3) is 6.15. The summed E-state index contributed by atoms with van der Waals surface area (Å²) >= 11 is 0. The second-order valence-electron chi connectivity index (χ2n) is 2.31. The Kier molecular flexibility index (Phi) is 4.82. The van der Waals surface area contributed by atoms with E-state index in [1.807, 2.05) is 0 Å². The molecule has 0 aliphatic rings. The zero-order chi connectivity index (χ0) is 11.2. The fourth-order valence-corrected chi connectivity index (χ4v) is 1.09. The van der Waals surface area contributed by atoms with E-state index >= 15 is 0 Å². The minimum atomic E-state index is -4.00. The highest BCUT2D eigenvalue weighted by molar-refractivity contribution is 7.85. The van der Waals surface area contributed by atoms with E-state index in [1.165, 1.54) is 12.1 Å². The Labute approximate surface area is 81.8 Å². The van der Waals surface area contributed by atoms with Gasteiger partial charge in [-0.05, 0) is 12.1 Å². The van der Waals surface area contributed by atoms with Crippen molar-refractivity contribution in [2.45, 2.75) is 11.8 Å². The van der Waals surface area contributed by atoms with Gasteiger partial charge >= 0.3 is 0 Å². The van der Waals surface area contributed by atoms with Crippen LogP contribution in [-0.4, -0.2) is 24.0 Å². The smallest absolute Gasteiger partial charge is 0.300 e. The average molecular weight is 218 g/mol.